The van der Waals surface area contributed by atoms with E-state index in [-0.39, 0.29) is 12.1 Å². The van der Waals surface area contributed by atoms with Crippen molar-refractivity contribution < 1.29 is 19.2 Å². The van der Waals surface area contributed by atoms with Gasteiger partial charge >= 0.3 is 23.6 Å². The number of anilines is 6. The van der Waals surface area contributed by atoms with E-state index in [0.29, 0.717) is 47.9 Å². The molecule has 16 nitrogen and oxygen atoms in total. The number of aromatic nitrogens is 2. The summed E-state index contributed by atoms with van der Waals surface area (Å²) in [5.74, 6) is -0.796. The molecule has 4 aromatic rings. The fraction of sp³-hybridized carbons (Fsp3) is 0.480. The van der Waals surface area contributed by atoms with Gasteiger partial charge in [0.1, 0.15) is 11.6 Å². The molecule has 4 aliphatic rings. The molecular weight excluding hydrogens is 833 g/mol. The van der Waals surface area contributed by atoms with Gasteiger partial charge in [0.15, 0.2) is 0 Å². The highest BCUT2D eigenvalue weighted by atomic mass is 16.2. The summed E-state index contributed by atoms with van der Waals surface area (Å²) >= 11 is 0. The summed E-state index contributed by atoms with van der Waals surface area (Å²) in [6, 6.07) is 20.2. The van der Waals surface area contributed by atoms with Crippen LogP contribution in [0.2, 0.25) is 0 Å². The third kappa shape index (κ3) is 11.8. The minimum Gasteiger partial charge on any atom is -0.383 e. The summed E-state index contributed by atoms with van der Waals surface area (Å²) in [5.41, 5.74) is 18.5. The van der Waals surface area contributed by atoms with Crippen LogP contribution in [-0.4, -0.2) is 133 Å². The molecule has 6 N–H and O–H groups in total. The highest BCUT2D eigenvalue weighted by molar-refractivity contribution is 6.40. The first kappa shape index (κ1) is 47.7. The number of nitrogen functional groups attached to an aromatic ring is 2. The summed E-state index contributed by atoms with van der Waals surface area (Å²) in [4.78, 5) is 73.3. The van der Waals surface area contributed by atoms with Crippen LogP contribution in [0.4, 0.5) is 34.4 Å². The summed E-state index contributed by atoms with van der Waals surface area (Å²) in [6.07, 6.45) is 6.68. The number of amides is 4. The van der Waals surface area contributed by atoms with E-state index < -0.39 is 23.6 Å². The van der Waals surface area contributed by atoms with Crippen molar-refractivity contribution in [2.75, 3.05) is 111 Å². The van der Waals surface area contributed by atoms with Gasteiger partial charge in [-0.2, -0.15) is 0 Å². The van der Waals surface area contributed by atoms with Crippen molar-refractivity contribution in [2.24, 2.45) is 11.8 Å². The van der Waals surface area contributed by atoms with E-state index in [1.165, 1.54) is 23.8 Å². The molecule has 4 amide bonds. The maximum Gasteiger partial charge on any atom is 0.313 e. The van der Waals surface area contributed by atoms with Crippen LogP contribution >= 0.6 is 0 Å². The smallest absolute Gasteiger partial charge is 0.313 e. The summed E-state index contributed by atoms with van der Waals surface area (Å²) in [7, 11) is 4.29. The summed E-state index contributed by atoms with van der Waals surface area (Å²) < 4.78 is 0. The Balaban J connectivity index is 0.000000196. The van der Waals surface area contributed by atoms with Crippen LogP contribution in [0.15, 0.2) is 73.1 Å². The zero-order valence-corrected chi connectivity index (χ0v) is 39.5. The standard InChI is InChI=1S/2C25H34N6O2/c2*1-17-7-8-22(19-5-4-6-21(14-19)30-11-9-29(3)10-12-30)31(16-17)25(33)24(32)28-20-13-18(2)23(26)27-15-20/h2*4-6,13-15,17,22H,7-12,16H2,1-3H3,(H2,26,27)(H,28,32)/t2*17-,22+/m10/s1. The van der Waals surface area contributed by atoms with Crippen molar-refractivity contribution in [1.82, 2.24) is 29.6 Å². The highest BCUT2D eigenvalue weighted by Crippen LogP contribution is 2.37. The normalized spacial score (nSPS) is 21.7. The van der Waals surface area contributed by atoms with Gasteiger partial charge in [-0.05, 0) is 124 Å². The van der Waals surface area contributed by atoms with E-state index in [0.717, 1.165) is 100 Å². The molecule has 0 bridgehead atoms. The second-order valence-electron chi connectivity index (χ2n) is 18.8. The molecular formula is C50H68N12O4. The van der Waals surface area contributed by atoms with E-state index in [9.17, 15) is 19.2 Å². The zero-order chi connectivity index (χ0) is 47.1. The molecule has 4 aliphatic heterocycles. The average Bonchev–Trinajstić information content (AvgIpc) is 3.31. The monoisotopic (exact) mass is 901 g/mol. The Kier molecular flexibility index (Phi) is 15.4. The summed E-state index contributed by atoms with van der Waals surface area (Å²) in [5, 5.41) is 5.40. The molecule has 2 aromatic carbocycles. The predicted octanol–water partition coefficient (Wildman–Crippen LogP) is 5.32. The number of aryl methyl sites for hydroxylation is 2. The van der Waals surface area contributed by atoms with Gasteiger partial charge in [0.05, 0.1) is 35.9 Å². The number of benzene rings is 2. The minimum atomic E-state index is -0.643. The van der Waals surface area contributed by atoms with Gasteiger partial charge in [-0.25, -0.2) is 9.97 Å². The van der Waals surface area contributed by atoms with Crippen LogP contribution in [-0.2, 0) is 19.2 Å². The molecule has 6 heterocycles. The van der Waals surface area contributed by atoms with Crippen molar-refractivity contribution in [3.05, 3.63) is 95.3 Å². The van der Waals surface area contributed by atoms with Crippen LogP contribution in [0, 0.1) is 25.7 Å². The van der Waals surface area contributed by atoms with Gasteiger partial charge in [0.2, 0.25) is 0 Å². The first-order chi connectivity index (χ1) is 31.6. The number of nitrogens with two attached hydrogens (primary N) is 2. The molecule has 8 rings (SSSR count). The number of pyridine rings is 2. The fourth-order valence-electron chi connectivity index (χ4n) is 9.37. The Hall–Kier alpha value is -6.26. The SMILES string of the molecule is Cc1cc(NC(=O)C(=O)N2C[C@@H](C)CC[C@@H]2c2cccc(N3CCN(C)CC3)c2)cnc1N.Cc1cc(NC(=O)C(=O)N2C[C@H](C)CC[C@H]2c2cccc(N3CCN(C)CC3)c2)cnc1N. The maximum atomic E-state index is 13.3. The Morgan fingerprint density at radius 1 is 0.561 bits per heavy atom. The Morgan fingerprint density at radius 2 is 0.939 bits per heavy atom. The van der Waals surface area contributed by atoms with E-state index in [1.54, 1.807) is 21.9 Å². The van der Waals surface area contributed by atoms with Gasteiger partial charge in [0.25, 0.3) is 0 Å². The number of hydrogen-bond acceptors (Lipinski definition) is 12. The minimum absolute atomic E-state index is 0.113. The number of carbonyl (C=O) groups is 4. The van der Waals surface area contributed by atoms with E-state index >= 15 is 0 Å². The lowest BCUT2D eigenvalue weighted by molar-refractivity contribution is -0.146. The molecule has 0 saturated carbocycles. The number of carbonyl (C=O) groups excluding carboxylic acids is 4. The first-order valence-electron chi connectivity index (χ1n) is 23.4. The molecule has 352 valence electrons. The van der Waals surface area contributed by atoms with Gasteiger partial charge in [-0.1, -0.05) is 38.1 Å². The lowest BCUT2D eigenvalue weighted by Gasteiger charge is -2.39. The molecule has 0 spiro atoms. The number of likely N-dealkylation sites (N-methyl/N-ethyl adjacent to an activating group) is 2. The molecule has 16 heteroatoms. The third-order valence-corrected chi connectivity index (χ3v) is 13.5. The second kappa shape index (κ2) is 21.4. The van der Waals surface area contributed by atoms with Gasteiger partial charge in [-0.3, -0.25) is 19.2 Å². The molecule has 0 radical (unpaired) electrons. The quantitative estimate of drug-likeness (QED) is 0.183. The van der Waals surface area contributed by atoms with Crippen LogP contribution < -0.4 is 31.9 Å². The van der Waals surface area contributed by atoms with Crippen molar-refractivity contribution in [3.8, 4) is 0 Å². The number of likely N-dealkylation sites (tertiary alicyclic amines) is 2. The Bertz CT molecular complexity index is 2200. The fourth-order valence-corrected chi connectivity index (χ4v) is 9.37. The van der Waals surface area contributed by atoms with E-state index in [1.807, 2.05) is 13.8 Å². The van der Waals surface area contributed by atoms with Gasteiger partial charge < -0.3 is 51.5 Å². The molecule has 66 heavy (non-hydrogen) atoms. The number of piperazine rings is 2. The molecule has 0 aliphatic carbocycles. The predicted molar refractivity (Wildman–Crippen MR) is 262 cm³/mol. The number of hydrogen-bond donors (Lipinski definition) is 4. The topological polar surface area (TPSA) is 190 Å². The summed E-state index contributed by atoms with van der Waals surface area (Å²) in [6.45, 7) is 17.1. The largest absolute Gasteiger partial charge is 0.383 e. The van der Waals surface area contributed by atoms with Crippen LogP contribution in [0.5, 0.6) is 0 Å². The number of piperidine rings is 2. The molecule has 4 atom stereocenters. The van der Waals surface area contributed by atoms with Crippen LogP contribution in [0.1, 0.15) is 73.9 Å². The molecule has 0 unspecified atom stereocenters. The second-order valence-corrected chi connectivity index (χ2v) is 18.8. The number of rotatable bonds is 6. The maximum absolute atomic E-state index is 13.3. The van der Waals surface area contributed by atoms with E-state index in [2.05, 4.69) is 117 Å². The Labute approximate surface area is 389 Å². The van der Waals surface area contributed by atoms with Crippen LogP contribution in [0.25, 0.3) is 0 Å². The lowest BCUT2D eigenvalue weighted by Crippen LogP contribution is -2.46. The Morgan fingerprint density at radius 3 is 1.30 bits per heavy atom. The lowest BCUT2D eigenvalue weighted by atomic mass is 9.89. The van der Waals surface area contributed by atoms with Gasteiger partial charge in [-0.15, -0.1) is 0 Å². The molecule has 2 aromatic heterocycles. The first-order valence-corrected chi connectivity index (χ1v) is 23.4. The van der Waals surface area contributed by atoms with Crippen molar-refractivity contribution in [1.29, 1.82) is 0 Å². The van der Waals surface area contributed by atoms with Crippen molar-refractivity contribution in [2.45, 2.75) is 65.5 Å². The molecule has 4 fully saturated rings. The zero-order valence-electron chi connectivity index (χ0n) is 39.5. The average molecular weight is 901 g/mol. The third-order valence-electron chi connectivity index (χ3n) is 13.5. The number of nitrogens with zero attached hydrogens (tertiary/aromatic N) is 8. The highest BCUT2D eigenvalue weighted by Gasteiger charge is 2.36. The van der Waals surface area contributed by atoms with Crippen molar-refractivity contribution >= 4 is 58.0 Å². The van der Waals surface area contributed by atoms with E-state index in [4.69, 9.17) is 11.5 Å². The van der Waals surface area contributed by atoms with Crippen molar-refractivity contribution in [3.63, 3.8) is 0 Å². The van der Waals surface area contributed by atoms with Gasteiger partial charge in [0, 0.05) is 76.8 Å². The number of nitrogens with one attached hydrogen (secondary N) is 2. The molecule has 4 saturated heterocycles. The van der Waals surface area contributed by atoms with Crippen LogP contribution in [0.3, 0.4) is 0 Å².